The Bertz CT molecular complexity index is 1390. The van der Waals surface area contributed by atoms with Gasteiger partial charge in [0.2, 0.25) is 0 Å². The highest BCUT2D eigenvalue weighted by Crippen LogP contribution is 2.67. The van der Waals surface area contributed by atoms with Gasteiger partial charge in [-0.25, -0.2) is 0 Å². The SMILES string of the molecule is C=C(CC[C@@H](C)[C@H]1CC[C@H]2[C@@H]3CC=C4C[C@@H](OC(=O)CCCC#CC#C/C=C/CCCCCCC=C(Br)Br)CC[C@]4(C)[C@H]3CC[C@]12C)C(CC)CC. The van der Waals surface area contributed by atoms with Crippen LogP contribution in [0.3, 0.4) is 0 Å². The predicted octanol–water partition coefficient (Wildman–Crippen LogP) is 14.6. The molecule has 4 aliphatic carbocycles. The number of hydrogen-bond donors (Lipinski definition) is 0. The minimum Gasteiger partial charge on any atom is -0.462 e. The summed E-state index contributed by atoms with van der Waals surface area (Å²) in [5.41, 5.74) is 3.85. The van der Waals surface area contributed by atoms with Crippen molar-refractivity contribution in [2.24, 2.45) is 46.3 Å². The lowest BCUT2D eigenvalue weighted by Crippen LogP contribution is -2.51. The largest absolute Gasteiger partial charge is 0.462 e. The molecule has 0 saturated heterocycles. The van der Waals surface area contributed by atoms with Gasteiger partial charge >= 0.3 is 5.97 Å². The van der Waals surface area contributed by atoms with Gasteiger partial charge in [0.25, 0.3) is 0 Å². The Morgan fingerprint density at radius 1 is 0.981 bits per heavy atom. The number of esters is 1. The second-order valence-corrected chi connectivity index (χ2v) is 20.1. The molecule has 3 fully saturated rings. The van der Waals surface area contributed by atoms with Gasteiger partial charge in [-0.15, -0.1) is 0 Å². The van der Waals surface area contributed by atoms with Gasteiger partial charge in [0, 0.05) is 19.3 Å². The molecule has 4 aliphatic rings. The van der Waals surface area contributed by atoms with Gasteiger partial charge in [-0.2, -0.15) is 0 Å². The molecule has 0 aliphatic heterocycles. The van der Waals surface area contributed by atoms with Crippen molar-refractivity contribution in [3.8, 4) is 23.7 Å². The van der Waals surface area contributed by atoms with Crippen LogP contribution in [-0.2, 0) is 9.53 Å². The standard InChI is InChI=1S/C48H70Br2O2/c1-7-38(8-2)36(3)25-26-37(4)42-29-30-43-41-28-27-39-35-40(31-33-47(39,5)44(41)32-34-48(42,43)6)52-46(51)24-22-20-18-16-14-12-10-9-11-13-15-17-19-21-23-45(49)50/h9-10,23,27,37-38,40-44H,3,7-8,11,13,15,17,19-22,24-26,28-35H2,1-2,4-6H3/b10-9+/t37-,40+,41+,42-,43+,44+,47+,48-/m1/s1. The highest BCUT2D eigenvalue weighted by molar-refractivity contribution is 9.28. The molecule has 4 heteroatoms. The van der Waals surface area contributed by atoms with Crippen molar-refractivity contribution in [2.45, 2.75) is 176 Å². The fourth-order valence-corrected chi connectivity index (χ4v) is 11.7. The molecule has 0 aromatic rings. The molecule has 0 radical (unpaired) electrons. The summed E-state index contributed by atoms with van der Waals surface area (Å²) in [7, 11) is 0. The number of ether oxygens (including phenoxy) is 1. The normalized spacial score (nSPS) is 29.8. The van der Waals surface area contributed by atoms with Gasteiger partial charge in [-0.05, 0) is 199 Å². The second kappa shape index (κ2) is 21.6. The van der Waals surface area contributed by atoms with Crippen molar-refractivity contribution in [1.82, 2.24) is 0 Å². The highest BCUT2D eigenvalue weighted by Gasteiger charge is 2.59. The molecule has 0 aromatic carbocycles. The first kappa shape index (κ1) is 43.2. The molecular weight excluding hydrogens is 768 g/mol. The summed E-state index contributed by atoms with van der Waals surface area (Å²) >= 11 is 6.80. The van der Waals surface area contributed by atoms with Gasteiger partial charge < -0.3 is 4.74 Å². The van der Waals surface area contributed by atoms with Crippen LogP contribution in [0.2, 0.25) is 0 Å². The molecule has 0 aromatic heterocycles. The highest BCUT2D eigenvalue weighted by atomic mass is 79.9. The summed E-state index contributed by atoms with van der Waals surface area (Å²) in [6.45, 7) is 17.0. The molecule has 0 spiro atoms. The number of rotatable bonds is 18. The molecule has 0 N–H and O–H groups in total. The van der Waals surface area contributed by atoms with Gasteiger partial charge in [0.05, 0.1) is 3.39 Å². The number of carbonyl (C=O) groups excluding carboxylic acids is 1. The minimum absolute atomic E-state index is 0.0336. The third kappa shape index (κ3) is 11.8. The average Bonchev–Trinajstić information content (AvgIpc) is 3.48. The van der Waals surface area contributed by atoms with Crippen LogP contribution in [0.1, 0.15) is 169 Å². The van der Waals surface area contributed by atoms with Crippen LogP contribution >= 0.6 is 31.9 Å². The maximum atomic E-state index is 12.8. The predicted molar refractivity (Wildman–Crippen MR) is 229 cm³/mol. The number of fused-ring (bicyclic) bond motifs is 5. The van der Waals surface area contributed by atoms with E-state index in [-0.39, 0.29) is 17.5 Å². The average molecular weight is 839 g/mol. The van der Waals surface area contributed by atoms with Crippen molar-refractivity contribution in [2.75, 3.05) is 0 Å². The molecule has 0 unspecified atom stereocenters. The van der Waals surface area contributed by atoms with E-state index in [1.165, 1.54) is 89.0 Å². The molecule has 3 saturated carbocycles. The van der Waals surface area contributed by atoms with Crippen LogP contribution in [0.25, 0.3) is 0 Å². The lowest BCUT2D eigenvalue weighted by atomic mass is 9.47. The Balaban J connectivity index is 1.16. The summed E-state index contributed by atoms with van der Waals surface area (Å²) in [6.07, 6.45) is 32.8. The number of unbranched alkanes of at least 4 members (excludes halogenated alkanes) is 6. The number of allylic oxidation sites excluding steroid dienone is 5. The van der Waals surface area contributed by atoms with Gasteiger partial charge in [0.15, 0.2) is 0 Å². The van der Waals surface area contributed by atoms with E-state index in [1.807, 2.05) is 6.08 Å². The summed E-state index contributed by atoms with van der Waals surface area (Å²) in [5, 5.41) is 0. The Kier molecular flexibility index (Phi) is 17.9. The van der Waals surface area contributed by atoms with Gasteiger partial charge in [-0.1, -0.05) is 95.3 Å². The first-order valence-electron chi connectivity index (χ1n) is 21.2. The van der Waals surface area contributed by atoms with E-state index in [0.717, 1.165) is 71.5 Å². The van der Waals surface area contributed by atoms with E-state index < -0.39 is 0 Å². The molecule has 8 atom stereocenters. The Morgan fingerprint density at radius 3 is 2.50 bits per heavy atom. The summed E-state index contributed by atoms with van der Waals surface area (Å²) in [6, 6.07) is 0. The summed E-state index contributed by atoms with van der Waals surface area (Å²) in [5.74, 6) is 16.7. The van der Waals surface area contributed by atoms with Crippen molar-refractivity contribution in [1.29, 1.82) is 0 Å². The van der Waals surface area contributed by atoms with E-state index in [1.54, 1.807) is 5.57 Å². The molecule has 52 heavy (non-hydrogen) atoms. The fourth-order valence-electron chi connectivity index (χ4n) is 11.3. The third-order valence-corrected chi connectivity index (χ3v) is 15.0. The van der Waals surface area contributed by atoms with E-state index in [9.17, 15) is 4.79 Å². The smallest absolute Gasteiger partial charge is 0.306 e. The number of hydrogen-bond acceptors (Lipinski definition) is 2. The minimum atomic E-state index is -0.0609. The topological polar surface area (TPSA) is 26.3 Å². The molecule has 0 bridgehead atoms. The van der Waals surface area contributed by atoms with Crippen molar-refractivity contribution in [3.63, 3.8) is 0 Å². The van der Waals surface area contributed by atoms with E-state index in [4.69, 9.17) is 4.74 Å². The molecule has 288 valence electrons. The fraction of sp³-hybridized carbons (Fsp3) is 0.729. The summed E-state index contributed by atoms with van der Waals surface area (Å²) in [4.78, 5) is 12.8. The molecule has 4 rings (SSSR count). The lowest BCUT2D eigenvalue weighted by molar-refractivity contribution is -0.151. The second-order valence-electron chi connectivity index (χ2n) is 17.3. The van der Waals surface area contributed by atoms with E-state index in [2.05, 4.69) is 115 Å². The maximum Gasteiger partial charge on any atom is 0.306 e. The van der Waals surface area contributed by atoms with Crippen LogP contribution in [0.5, 0.6) is 0 Å². The van der Waals surface area contributed by atoms with E-state index >= 15 is 0 Å². The quantitative estimate of drug-likeness (QED) is 0.0595. The van der Waals surface area contributed by atoms with Gasteiger partial charge in [-0.3, -0.25) is 4.79 Å². The molecule has 2 nitrogen and oxygen atoms in total. The zero-order valence-corrected chi connectivity index (χ0v) is 36.7. The van der Waals surface area contributed by atoms with Crippen LogP contribution < -0.4 is 0 Å². The zero-order chi connectivity index (χ0) is 37.6. The van der Waals surface area contributed by atoms with E-state index in [0.29, 0.717) is 24.2 Å². The molecular formula is C48H70Br2O2. The Labute approximate surface area is 336 Å². The lowest BCUT2D eigenvalue weighted by Gasteiger charge is -2.58. The first-order valence-corrected chi connectivity index (χ1v) is 22.8. The Hall–Kier alpha value is -1.49. The third-order valence-electron chi connectivity index (χ3n) is 14.3. The Morgan fingerprint density at radius 2 is 1.75 bits per heavy atom. The van der Waals surface area contributed by atoms with Crippen molar-refractivity contribution in [3.05, 3.63) is 45.4 Å². The van der Waals surface area contributed by atoms with Crippen molar-refractivity contribution >= 4 is 37.8 Å². The monoisotopic (exact) mass is 836 g/mol. The van der Waals surface area contributed by atoms with Crippen LogP contribution in [0.4, 0.5) is 0 Å². The van der Waals surface area contributed by atoms with Crippen LogP contribution in [0.15, 0.2) is 45.4 Å². The van der Waals surface area contributed by atoms with Gasteiger partial charge in [0.1, 0.15) is 6.10 Å². The van der Waals surface area contributed by atoms with Crippen LogP contribution in [0, 0.1) is 70.0 Å². The summed E-state index contributed by atoms with van der Waals surface area (Å²) < 4.78 is 7.11. The maximum absolute atomic E-state index is 12.8. The zero-order valence-electron chi connectivity index (χ0n) is 33.5. The molecule has 0 heterocycles. The number of carbonyl (C=O) groups is 1. The first-order chi connectivity index (χ1) is 25.0. The molecule has 0 amide bonds. The van der Waals surface area contributed by atoms with Crippen LogP contribution in [-0.4, -0.2) is 12.1 Å². The number of halogens is 2. The van der Waals surface area contributed by atoms with Crippen molar-refractivity contribution < 1.29 is 9.53 Å².